The molecule has 1 amide bonds. The Labute approximate surface area is 157 Å². The molecule has 1 saturated heterocycles. The van der Waals surface area contributed by atoms with Crippen molar-refractivity contribution in [2.24, 2.45) is 5.92 Å². The fourth-order valence-electron chi connectivity index (χ4n) is 3.90. The van der Waals surface area contributed by atoms with Crippen molar-refractivity contribution in [3.05, 3.63) is 40.5 Å². The predicted molar refractivity (Wildman–Crippen MR) is 99.6 cm³/mol. The van der Waals surface area contributed by atoms with Gasteiger partial charge < -0.3 is 10.0 Å². The summed E-state index contributed by atoms with van der Waals surface area (Å²) in [7, 11) is 0. The van der Waals surface area contributed by atoms with E-state index in [1.165, 1.54) is 0 Å². The van der Waals surface area contributed by atoms with Crippen LogP contribution in [0, 0.1) is 5.92 Å². The number of aliphatic carboxylic acids is 1. The van der Waals surface area contributed by atoms with Crippen LogP contribution in [0.1, 0.15) is 54.6 Å². The summed E-state index contributed by atoms with van der Waals surface area (Å²) in [4.78, 5) is 31.3. The number of halogens is 1. The maximum atomic E-state index is 13.4. The molecule has 0 radical (unpaired) electrons. The molecule has 1 N–H and O–H groups in total. The number of carbonyl (C=O) groups excluding carboxylic acids is 1. The van der Waals surface area contributed by atoms with Gasteiger partial charge in [0.2, 0.25) is 0 Å². The topological polar surface area (TPSA) is 70.5 Å². The molecule has 0 unspecified atom stereocenters. The number of hydrogen-bond donors (Lipinski definition) is 1. The molecule has 5 nitrogen and oxygen atoms in total. The molecule has 1 aromatic heterocycles. The SMILES string of the molecule is C[C@@H]1[C@H](C(=O)O)CCCN1C(=O)c1cc(C2CC2)nc2ccc(Cl)cc12. The molecule has 1 aromatic carbocycles. The molecular formula is C20H21ClN2O3. The van der Waals surface area contributed by atoms with Gasteiger partial charge in [0.15, 0.2) is 0 Å². The number of amides is 1. The lowest BCUT2D eigenvalue weighted by molar-refractivity contribution is -0.144. The maximum absolute atomic E-state index is 13.4. The fourth-order valence-corrected chi connectivity index (χ4v) is 4.07. The Morgan fingerprint density at radius 3 is 2.69 bits per heavy atom. The van der Waals surface area contributed by atoms with E-state index < -0.39 is 11.9 Å². The van der Waals surface area contributed by atoms with E-state index >= 15 is 0 Å². The van der Waals surface area contributed by atoms with Gasteiger partial charge in [-0.25, -0.2) is 0 Å². The molecular weight excluding hydrogens is 352 g/mol. The van der Waals surface area contributed by atoms with E-state index in [0.717, 1.165) is 29.4 Å². The summed E-state index contributed by atoms with van der Waals surface area (Å²) < 4.78 is 0. The van der Waals surface area contributed by atoms with Crippen LogP contribution in [0.5, 0.6) is 0 Å². The lowest BCUT2D eigenvalue weighted by Gasteiger charge is -2.37. The molecule has 2 aliphatic rings. The Hall–Kier alpha value is -2.14. The van der Waals surface area contributed by atoms with Gasteiger partial charge in [-0.3, -0.25) is 14.6 Å². The summed E-state index contributed by atoms with van der Waals surface area (Å²) in [6.07, 6.45) is 3.50. The average Bonchev–Trinajstić information content (AvgIpc) is 3.45. The number of carboxylic acid groups (broad SMARTS) is 1. The fraction of sp³-hybridized carbons (Fsp3) is 0.450. The van der Waals surface area contributed by atoms with Crippen LogP contribution in [-0.2, 0) is 4.79 Å². The van der Waals surface area contributed by atoms with Crippen LogP contribution in [-0.4, -0.2) is 39.5 Å². The van der Waals surface area contributed by atoms with E-state index in [1.54, 1.807) is 17.0 Å². The first-order valence-corrected chi connectivity index (χ1v) is 9.47. The summed E-state index contributed by atoms with van der Waals surface area (Å²) >= 11 is 6.16. The molecule has 1 aliphatic carbocycles. The largest absolute Gasteiger partial charge is 0.481 e. The van der Waals surface area contributed by atoms with Crippen molar-refractivity contribution in [1.29, 1.82) is 0 Å². The molecule has 2 atom stereocenters. The minimum atomic E-state index is -0.837. The Morgan fingerprint density at radius 1 is 1.23 bits per heavy atom. The summed E-state index contributed by atoms with van der Waals surface area (Å²) in [5.41, 5.74) is 2.29. The van der Waals surface area contributed by atoms with Crippen LogP contribution in [0.2, 0.25) is 5.02 Å². The van der Waals surface area contributed by atoms with Gasteiger partial charge in [0.1, 0.15) is 0 Å². The number of aromatic nitrogens is 1. The van der Waals surface area contributed by atoms with E-state index in [0.29, 0.717) is 35.9 Å². The van der Waals surface area contributed by atoms with Crippen molar-refractivity contribution >= 4 is 34.4 Å². The molecule has 0 spiro atoms. The maximum Gasteiger partial charge on any atom is 0.308 e. The molecule has 2 aromatic rings. The Kier molecular flexibility index (Phi) is 4.35. The Balaban J connectivity index is 1.78. The van der Waals surface area contributed by atoms with Gasteiger partial charge in [-0.05, 0) is 56.9 Å². The Bertz CT molecular complexity index is 894. The number of rotatable bonds is 3. The second-order valence-electron chi connectivity index (χ2n) is 7.36. The third-order valence-electron chi connectivity index (χ3n) is 5.58. The number of likely N-dealkylation sites (tertiary alicyclic amines) is 1. The van der Waals surface area contributed by atoms with Crippen LogP contribution in [0.25, 0.3) is 10.9 Å². The number of carbonyl (C=O) groups is 2. The monoisotopic (exact) mass is 372 g/mol. The second kappa shape index (κ2) is 6.54. The third kappa shape index (κ3) is 3.05. The van der Waals surface area contributed by atoms with Crippen molar-refractivity contribution in [2.45, 2.75) is 44.6 Å². The van der Waals surface area contributed by atoms with Crippen molar-refractivity contribution in [2.75, 3.05) is 6.54 Å². The second-order valence-corrected chi connectivity index (χ2v) is 7.79. The van der Waals surface area contributed by atoms with E-state index in [-0.39, 0.29) is 11.9 Å². The van der Waals surface area contributed by atoms with Crippen LogP contribution in [0.3, 0.4) is 0 Å². The molecule has 26 heavy (non-hydrogen) atoms. The summed E-state index contributed by atoms with van der Waals surface area (Å²) in [5, 5.41) is 10.7. The zero-order valence-corrected chi connectivity index (χ0v) is 15.4. The molecule has 4 rings (SSSR count). The molecule has 136 valence electrons. The summed E-state index contributed by atoms with van der Waals surface area (Å²) in [6, 6.07) is 6.96. The normalized spacial score (nSPS) is 23.2. The van der Waals surface area contributed by atoms with E-state index in [9.17, 15) is 14.7 Å². The number of pyridine rings is 1. The number of benzene rings is 1. The first-order valence-electron chi connectivity index (χ1n) is 9.09. The van der Waals surface area contributed by atoms with E-state index in [2.05, 4.69) is 0 Å². The van der Waals surface area contributed by atoms with Crippen molar-refractivity contribution < 1.29 is 14.7 Å². The predicted octanol–water partition coefficient (Wildman–Crippen LogP) is 4.09. The lowest BCUT2D eigenvalue weighted by Crippen LogP contribution is -2.49. The Morgan fingerprint density at radius 2 is 2.00 bits per heavy atom. The third-order valence-corrected chi connectivity index (χ3v) is 5.82. The van der Waals surface area contributed by atoms with Gasteiger partial charge in [0.05, 0.1) is 17.0 Å². The van der Waals surface area contributed by atoms with E-state index in [4.69, 9.17) is 16.6 Å². The van der Waals surface area contributed by atoms with Crippen LogP contribution < -0.4 is 0 Å². The zero-order valence-electron chi connectivity index (χ0n) is 14.6. The van der Waals surface area contributed by atoms with Gasteiger partial charge in [-0.2, -0.15) is 0 Å². The zero-order chi connectivity index (χ0) is 18.4. The molecule has 1 saturated carbocycles. The first kappa shape index (κ1) is 17.3. The van der Waals surface area contributed by atoms with Crippen molar-refractivity contribution in [1.82, 2.24) is 9.88 Å². The molecule has 6 heteroatoms. The summed E-state index contributed by atoms with van der Waals surface area (Å²) in [5.74, 6) is -1.06. The minimum absolute atomic E-state index is 0.125. The van der Waals surface area contributed by atoms with Crippen molar-refractivity contribution in [3.8, 4) is 0 Å². The number of fused-ring (bicyclic) bond motifs is 1. The average molecular weight is 373 g/mol. The smallest absolute Gasteiger partial charge is 0.308 e. The number of piperidine rings is 1. The molecule has 2 heterocycles. The first-order chi connectivity index (χ1) is 12.5. The molecule has 2 fully saturated rings. The molecule has 1 aliphatic heterocycles. The van der Waals surface area contributed by atoms with E-state index in [1.807, 2.05) is 19.1 Å². The number of nitrogens with zero attached hydrogens (tertiary/aromatic N) is 2. The van der Waals surface area contributed by atoms with Gasteiger partial charge >= 0.3 is 5.97 Å². The molecule has 0 bridgehead atoms. The summed E-state index contributed by atoms with van der Waals surface area (Å²) in [6.45, 7) is 2.40. The lowest BCUT2D eigenvalue weighted by atomic mass is 9.89. The van der Waals surface area contributed by atoms with Gasteiger partial charge in [0.25, 0.3) is 5.91 Å². The van der Waals surface area contributed by atoms with Crippen molar-refractivity contribution in [3.63, 3.8) is 0 Å². The highest BCUT2D eigenvalue weighted by atomic mass is 35.5. The quantitative estimate of drug-likeness (QED) is 0.880. The standard InChI is InChI=1S/C20H21ClN2O3/c1-11-14(20(25)26)3-2-8-23(11)19(24)16-10-18(12-4-5-12)22-17-7-6-13(21)9-15(16)17/h6-7,9-12,14H,2-5,8H2,1H3,(H,25,26)/t11-,14-/m1/s1. The highest BCUT2D eigenvalue weighted by Crippen LogP contribution is 2.40. The van der Waals surface area contributed by atoms with Crippen LogP contribution in [0.15, 0.2) is 24.3 Å². The minimum Gasteiger partial charge on any atom is -0.481 e. The number of carboxylic acids is 1. The van der Waals surface area contributed by atoms with Crippen LogP contribution in [0.4, 0.5) is 0 Å². The van der Waals surface area contributed by atoms with Crippen LogP contribution >= 0.6 is 11.6 Å². The van der Waals surface area contributed by atoms with Gasteiger partial charge in [-0.15, -0.1) is 0 Å². The van der Waals surface area contributed by atoms with Gasteiger partial charge in [-0.1, -0.05) is 11.6 Å². The number of hydrogen-bond acceptors (Lipinski definition) is 3. The van der Waals surface area contributed by atoms with Gasteiger partial charge in [0, 0.05) is 34.6 Å². The highest BCUT2D eigenvalue weighted by molar-refractivity contribution is 6.31. The highest BCUT2D eigenvalue weighted by Gasteiger charge is 2.36.